The molecular weight excluding hydrogens is 398 g/mol. The first kappa shape index (κ1) is 14.8. The Labute approximate surface area is 131 Å². The van der Waals surface area contributed by atoms with Gasteiger partial charge in [0.1, 0.15) is 0 Å². The van der Waals surface area contributed by atoms with Gasteiger partial charge in [-0.2, -0.15) is 0 Å². The maximum absolute atomic E-state index is 12.6. The van der Waals surface area contributed by atoms with E-state index in [9.17, 15) is 4.79 Å². The average Bonchev–Trinajstić information content (AvgIpc) is 2.76. The molecule has 1 aliphatic rings. The van der Waals surface area contributed by atoms with Crippen LogP contribution in [-0.4, -0.2) is 34.4 Å². The molecule has 0 saturated carbocycles. The van der Waals surface area contributed by atoms with Crippen molar-refractivity contribution in [2.24, 2.45) is 10.9 Å². The summed E-state index contributed by atoms with van der Waals surface area (Å²) in [4.78, 5) is 14.2. The standard InChI is InChI=1S/C11H13Br2N3O2S/c12-8-5-6(9(13)19-8)11(17)16-4-2-1-3-7(16)10(14)15-18/h5,7,18H,1-4H2,(H2,14,15). The van der Waals surface area contributed by atoms with Crippen LogP contribution in [0.15, 0.2) is 18.8 Å². The fraction of sp³-hybridized carbons (Fsp3) is 0.455. The Morgan fingerprint density at radius 1 is 1.53 bits per heavy atom. The summed E-state index contributed by atoms with van der Waals surface area (Å²) >= 11 is 8.20. The summed E-state index contributed by atoms with van der Waals surface area (Å²) in [6.07, 6.45) is 2.63. The molecule has 19 heavy (non-hydrogen) atoms. The van der Waals surface area contributed by atoms with Crippen molar-refractivity contribution < 1.29 is 10.0 Å². The zero-order valence-corrected chi connectivity index (χ0v) is 14.0. The van der Waals surface area contributed by atoms with E-state index in [0.29, 0.717) is 12.1 Å². The van der Waals surface area contributed by atoms with Gasteiger partial charge in [0, 0.05) is 6.54 Å². The number of oxime groups is 1. The number of likely N-dealkylation sites (tertiary alicyclic amines) is 1. The molecule has 1 amide bonds. The molecule has 0 aromatic carbocycles. The molecule has 8 heteroatoms. The van der Waals surface area contributed by atoms with Crippen molar-refractivity contribution in [3.05, 3.63) is 19.2 Å². The quantitative estimate of drug-likeness (QED) is 0.340. The molecule has 0 spiro atoms. The fourth-order valence-electron chi connectivity index (χ4n) is 2.19. The zero-order chi connectivity index (χ0) is 14.0. The van der Waals surface area contributed by atoms with Crippen molar-refractivity contribution in [1.82, 2.24) is 4.90 Å². The lowest BCUT2D eigenvalue weighted by Crippen LogP contribution is -2.50. The van der Waals surface area contributed by atoms with Gasteiger partial charge in [0.05, 0.1) is 19.2 Å². The Balaban J connectivity index is 2.27. The topological polar surface area (TPSA) is 78.9 Å². The second-order valence-corrected chi connectivity index (χ2v) is 8.02. The van der Waals surface area contributed by atoms with Crippen LogP contribution in [0.4, 0.5) is 0 Å². The second-order valence-electron chi connectivity index (χ2n) is 4.27. The third-order valence-electron chi connectivity index (χ3n) is 3.11. The average molecular weight is 411 g/mol. The van der Waals surface area contributed by atoms with E-state index in [-0.39, 0.29) is 17.8 Å². The van der Waals surface area contributed by atoms with Gasteiger partial charge in [0.25, 0.3) is 5.91 Å². The summed E-state index contributed by atoms with van der Waals surface area (Å²) < 4.78 is 1.67. The highest BCUT2D eigenvalue weighted by Gasteiger charge is 2.31. The van der Waals surface area contributed by atoms with Crippen molar-refractivity contribution in [2.75, 3.05) is 6.54 Å². The van der Waals surface area contributed by atoms with Crippen molar-refractivity contribution in [1.29, 1.82) is 0 Å². The zero-order valence-electron chi connectivity index (χ0n) is 9.97. The van der Waals surface area contributed by atoms with Crippen LogP contribution in [0.3, 0.4) is 0 Å². The SMILES string of the molecule is N/C(=N/O)C1CCCCN1C(=O)c1cc(Br)sc1Br. The molecule has 1 atom stereocenters. The number of thiophene rings is 1. The van der Waals surface area contributed by atoms with Crippen LogP contribution in [0.25, 0.3) is 0 Å². The van der Waals surface area contributed by atoms with Gasteiger partial charge in [0.15, 0.2) is 5.84 Å². The monoisotopic (exact) mass is 409 g/mol. The highest BCUT2D eigenvalue weighted by molar-refractivity contribution is 9.12. The molecule has 0 aliphatic carbocycles. The van der Waals surface area contributed by atoms with Gasteiger partial charge in [-0.15, -0.1) is 11.3 Å². The van der Waals surface area contributed by atoms with E-state index in [0.717, 1.165) is 26.8 Å². The summed E-state index contributed by atoms with van der Waals surface area (Å²) in [5.74, 6) is 0.00333. The number of nitrogens with zero attached hydrogens (tertiary/aromatic N) is 2. The molecule has 0 radical (unpaired) electrons. The minimum absolute atomic E-state index is 0.0925. The number of nitrogens with two attached hydrogens (primary N) is 1. The minimum Gasteiger partial charge on any atom is -0.409 e. The number of halogens is 2. The number of amides is 1. The Morgan fingerprint density at radius 2 is 2.26 bits per heavy atom. The van der Waals surface area contributed by atoms with Crippen molar-refractivity contribution in [3.63, 3.8) is 0 Å². The molecule has 5 nitrogen and oxygen atoms in total. The molecule has 1 fully saturated rings. The first-order valence-corrected chi connectivity index (χ1v) is 8.18. The molecule has 1 unspecified atom stereocenters. The van der Waals surface area contributed by atoms with Crippen LogP contribution >= 0.6 is 43.2 Å². The highest BCUT2D eigenvalue weighted by Crippen LogP contribution is 2.33. The second kappa shape index (κ2) is 6.23. The first-order chi connectivity index (χ1) is 9.04. The molecule has 1 aliphatic heterocycles. The Kier molecular flexibility index (Phi) is 4.86. The highest BCUT2D eigenvalue weighted by atomic mass is 79.9. The summed E-state index contributed by atoms with van der Waals surface area (Å²) in [5, 5.41) is 11.9. The van der Waals surface area contributed by atoms with Crippen LogP contribution < -0.4 is 5.73 Å². The fourth-order valence-corrected chi connectivity index (χ4v) is 4.97. The van der Waals surface area contributed by atoms with E-state index in [4.69, 9.17) is 10.9 Å². The van der Waals surface area contributed by atoms with E-state index in [1.165, 1.54) is 11.3 Å². The van der Waals surface area contributed by atoms with Gasteiger partial charge >= 0.3 is 0 Å². The predicted octanol–water partition coefficient (Wildman–Crippen LogP) is 3.01. The predicted molar refractivity (Wildman–Crippen MR) is 81.8 cm³/mol. The molecule has 104 valence electrons. The molecule has 1 aromatic heterocycles. The molecule has 2 rings (SSSR count). The van der Waals surface area contributed by atoms with Crippen LogP contribution in [0.2, 0.25) is 0 Å². The third kappa shape index (κ3) is 3.11. The van der Waals surface area contributed by atoms with Crippen LogP contribution in [-0.2, 0) is 0 Å². The smallest absolute Gasteiger partial charge is 0.256 e. The normalized spacial score (nSPS) is 20.6. The van der Waals surface area contributed by atoms with Gasteiger partial charge < -0.3 is 15.8 Å². The lowest BCUT2D eigenvalue weighted by Gasteiger charge is -2.34. The van der Waals surface area contributed by atoms with Crippen molar-refractivity contribution >= 4 is 54.9 Å². The van der Waals surface area contributed by atoms with E-state index in [1.54, 1.807) is 11.0 Å². The van der Waals surface area contributed by atoms with E-state index in [2.05, 4.69) is 37.0 Å². The molecule has 0 bridgehead atoms. The van der Waals surface area contributed by atoms with Gasteiger partial charge in [-0.05, 0) is 57.2 Å². The summed E-state index contributed by atoms with van der Waals surface area (Å²) in [6.45, 7) is 0.625. The number of carbonyl (C=O) groups is 1. The maximum atomic E-state index is 12.6. The van der Waals surface area contributed by atoms with E-state index >= 15 is 0 Å². The van der Waals surface area contributed by atoms with E-state index < -0.39 is 0 Å². The lowest BCUT2D eigenvalue weighted by molar-refractivity contribution is 0.0676. The Bertz CT molecular complexity index is 518. The minimum atomic E-state index is -0.322. The van der Waals surface area contributed by atoms with Gasteiger partial charge in [-0.3, -0.25) is 4.79 Å². The van der Waals surface area contributed by atoms with Gasteiger partial charge in [-0.1, -0.05) is 5.16 Å². The number of hydrogen-bond acceptors (Lipinski definition) is 4. The van der Waals surface area contributed by atoms with Gasteiger partial charge in [0.2, 0.25) is 0 Å². The molecule has 3 N–H and O–H groups in total. The summed E-state index contributed by atoms with van der Waals surface area (Å²) in [6, 6.07) is 1.46. The van der Waals surface area contributed by atoms with Crippen LogP contribution in [0.5, 0.6) is 0 Å². The molecule has 2 heterocycles. The van der Waals surface area contributed by atoms with E-state index in [1.807, 2.05) is 0 Å². The van der Waals surface area contributed by atoms with Crippen molar-refractivity contribution in [3.8, 4) is 0 Å². The van der Waals surface area contributed by atoms with Crippen LogP contribution in [0, 0.1) is 0 Å². The first-order valence-electron chi connectivity index (χ1n) is 5.77. The Hall–Kier alpha value is -0.600. The number of hydrogen-bond donors (Lipinski definition) is 2. The largest absolute Gasteiger partial charge is 0.409 e. The summed E-state index contributed by atoms with van der Waals surface area (Å²) in [7, 11) is 0. The van der Waals surface area contributed by atoms with Crippen molar-refractivity contribution in [2.45, 2.75) is 25.3 Å². The van der Waals surface area contributed by atoms with Crippen LogP contribution in [0.1, 0.15) is 29.6 Å². The Morgan fingerprint density at radius 3 is 2.84 bits per heavy atom. The maximum Gasteiger partial charge on any atom is 0.256 e. The lowest BCUT2D eigenvalue weighted by atomic mass is 10.0. The number of piperidine rings is 1. The number of carbonyl (C=O) groups excluding carboxylic acids is 1. The summed E-state index contributed by atoms with van der Waals surface area (Å²) in [5.41, 5.74) is 6.29. The number of rotatable bonds is 2. The molecule has 1 aromatic rings. The number of amidine groups is 1. The molecule has 1 saturated heterocycles. The third-order valence-corrected chi connectivity index (χ3v) is 5.45. The molecular formula is C11H13Br2N3O2S. The van der Waals surface area contributed by atoms with Gasteiger partial charge in [-0.25, -0.2) is 0 Å².